The van der Waals surface area contributed by atoms with E-state index < -0.39 is 0 Å². The van der Waals surface area contributed by atoms with Crippen LogP contribution in [0.4, 0.5) is 10.8 Å². The van der Waals surface area contributed by atoms with Crippen LogP contribution in [0.25, 0.3) is 0 Å². The number of rotatable bonds is 8. The summed E-state index contributed by atoms with van der Waals surface area (Å²) in [5.74, 6) is 0.971. The summed E-state index contributed by atoms with van der Waals surface area (Å²) < 4.78 is 10.5. The number of nitrogens with zero attached hydrogens (tertiary/aromatic N) is 1. The highest BCUT2D eigenvalue weighted by Crippen LogP contribution is 2.19. The van der Waals surface area contributed by atoms with E-state index in [9.17, 15) is 9.59 Å². The molecule has 7 nitrogen and oxygen atoms in total. The number of hydrogen-bond donors (Lipinski definition) is 2. The molecule has 1 aromatic heterocycles. The fraction of sp³-hybridized carbons (Fsp3) is 0.190. The van der Waals surface area contributed by atoms with Gasteiger partial charge in [-0.3, -0.25) is 14.9 Å². The lowest BCUT2D eigenvalue weighted by Crippen LogP contribution is -2.15. The van der Waals surface area contributed by atoms with Crippen molar-refractivity contribution in [3.63, 3.8) is 0 Å². The van der Waals surface area contributed by atoms with Gasteiger partial charge in [-0.25, -0.2) is 4.98 Å². The number of hydrogen-bond acceptors (Lipinski definition) is 6. The molecule has 0 aliphatic rings. The van der Waals surface area contributed by atoms with Gasteiger partial charge in [-0.2, -0.15) is 0 Å². The van der Waals surface area contributed by atoms with Gasteiger partial charge in [0.1, 0.15) is 11.5 Å². The van der Waals surface area contributed by atoms with Gasteiger partial charge in [-0.15, -0.1) is 11.3 Å². The second-order valence-electron chi connectivity index (χ2n) is 6.01. The third kappa shape index (κ3) is 5.79. The third-order valence-electron chi connectivity index (χ3n) is 3.92. The van der Waals surface area contributed by atoms with E-state index in [1.54, 1.807) is 61.0 Å². The van der Waals surface area contributed by atoms with Gasteiger partial charge in [0.15, 0.2) is 5.13 Å². The minimum Gasteiger partial charge on any atom is -0.497 e. The molecule has 3 rings (SSSR count). The monoisotopic (exact) mass is 411 g/mol. The Morgan fingerprint density at radius 3 is 2.34 bits per heavy atom. The molecule has 0 atom stereocenters. The summed E-state index contributed by atoms with van der Waals surface area (Å²) in [4.78, 5) is 28.8. The van der Waals surface area contributed by atoms with Crippen LogP contribution in [-0.4, -0.2) is 30.5 Å². The zero-order valence-electron chi connectivity index (χ0n) is 16.1. The summed E-state index contributed by atoms with van der Waals surface area (Å²) in [6.45, 7) is 2.50. The number of amides is 2. The number of ether oxygens (including phenoxy) is 2. The van der Waals surface area contributed by atoms with Crippen LogP contribution in [0.1, 0.15) is 23.0 Å². The van der Waals surface area contributed by atoms with E-state index in [-0.39, 0.29) is 18.2 Å². The van der Waals surface area contributed by atoms with Crippen molar-refractivity contribution < 1.29 is 19.1 Å². The molecule has 0 radical (unpaired) electrons. The molecule has 29 heavy (non-hydrogen) atoms. The lowest BCUT2D eigenvalue weighted by Gasteiger charge is -2.06. The van der Waals surface area contributed by atoms with E-state index in [2.05, 4.69) is 15.6 Å². The van der Waals surface area contributed by atoms with Gasteiger partial charge < -0.3 is 14.8 Å². The first kappa shape index (κ1) is 20.3. The minimum absolute atomic E-state index is 0.113. The van der Waals surface area contributed by atoms with E-state index in [4.69, 9.17) is 9.47 Å². The predicted octanol–water partition coefficient (Wildman–Crippen LogP) is 3.98. The first-order valence-electron chi connectivity index (χ1n) is 9.00. The molecule has 0 saturated heterocycles. The standard InChI is InChI=1S/C21H21N3O4S/c1-3-28-18-10-6-15(7-11-18)22-19(25)12-16-13-29-21(23-16)24-20(26)14-4-8-17(27-2)9-5-14/h4-11,13H,3,12H2,1-2H3,(H,22,25)(H,23,24,26). The van der Waals surface area contributed by atoms with Crippen LogP contribution >= 0.6 is 11.3 Å². The van der Waals surface area contributed by atoms with Crippen LogP contribution in [0, 0.1) is 0 Å². The van der Waals surface area contributed by atoms with Crippen LogP contribution in [0.3, 0.4) is 0 Å². The maximum absolute atomic E-state index is 12.3. The van der Waals surface area contributed by atoms with Crippen LogP contribution in [0.5, 0.6) is 11.5 Å². The molecule has 2 amide bonds. The maximum atomic E-state index is 12.3. The van der Waals surface area contributed by atoms with E-state index in [1.807, 2.05) is 6.92 Å². The van der Waals surface area contributed by atoms with Gasteiger partial charge in [-0.05, 0) is 55.5 Å². The molecule has 150 valence electrons. The smallest absolute Gasteiger partial charge is 0.257 e. The first-order chi connectivity index (χ1) is 14.1. The SMILES string of the molecule is CCOc1ccc(NC(=O)Cc2csc(NC(=O)c3ccc(OC)cc3)n2)cc1. The van der Waals surface area contributed by atoms with Crippen LogP contribution < -0.4 is 20.1 Å². The van der Waals surface area contributed by atoms with Gasteiger partial charge in [0, 0.05) is 16.6 Å². The molecule has 2 N–H and O–H groups in total. The van der Waals surface area contributed by atoms with Gasteiger partial charge in [0.2, 0.25) is 5.91 Å². The fourth-order valence-corrected chi connectivity index (χ4v) is 3.23. The Kier molecular flexibility index (Phi) is 6.80. The van der Waals surface area contributed by atoms with Gasteiger partial charge in [0.25, 0.3) is 5.91 Å². The van der Waals surface area contributed by atoms with E-state index in [0.717, 1.165) is 5.75 Å². The fourth-order valence-electron chi connectivity index (χ4n) is 2.53. The first-order valence-corrected chi connectivity index (χ1v) is 9.88. The largest absolute Gasteiger partial charge is 0.497 e. The topological polar surface area (TPSA) is 89.6 Å². The molecule has 0 spiro atoms. The highest BCUT2D eigenvalue weighted by atomic mass is 32.1. The quantitative estimate of drug-likeness (QED) is 0.585. The Balaban J connectivity index is 1.53. The lowest BCUT2D eigenvalue weighted by molar-refractivity contribution is -0.115. The molecule has 0 aliphatic carbocycles. The number of methoxy groups -OCH3 is 1. The molecule has 1 heterocycles. The molecule has 0 fully saturated rings. The summed E-state index contributed by atoms with van der Waals surface area (Å²) in [6.07, 6.45) is 0.113. The van der Waals surface area contributed by atoms with E-state index in [0.29, 0.717) is 34.4 Å². The van der Waals surface area contributed by atoms with Gasteiger partial charge >= 0.3 is 0 Å². The number of aromatic nitrogens is 1. The molecule has 0 saturated carbocycles. The Hall–Kier alpha value is -3.39. The number of benzene rings is 2. The van der Waals surface area contributed by atoms with Crippen LogP contribution in [0.15, 0.2) is 53.9 Å². The van der Waals surface area contributed by atoms with Crippen molar-refractivity contribution in [1.29, 1.82) is 0 Å². The van der Waals surface area contributed by atoms with Crippen molar-refractivity contribution in [1.82, 2.24) is 4.98 Å². The summed E-state index contributed by atoms with van der Waals surface area (Å²) in [5, 5.41) is 7.75. The second kappa shape index (κ2) is 9.70. The molecule has 0 unspecified atom stereocenters. The van der Waals surface area contributed by atoms with Gasteiger partial charge in [-0.1, -0.05) is 0 Å². The number of carbonyl (C=O) groups is 2. The summed E-state index contributed by atoms with van der Waals surface area (Å²) in [7, 11) is 1.57. The normalized spacial score (nSPS) is 10.3. The Labute approximate surface area is 172 Å². The summed E-state index contributed by atoms with van der Waals surface area (Å²) >= 11 is 1.27. The van der Waals surface area contributed by atoms with E-state index >= 15 is 0 Å². The van der Waals surface area contributed by atoms with Gasteiger partial charge in [0.05, 0.1) is 25.8 Å². The number of nitrogens with one attached hydrogen (secondary N) is 2. The Morgan fingerprint density at radius 1 is 1.00 bits per heavy atom. The van der Waals surface area contributed by atoms with Crippen molar-refractivity contribution in [2.45, 2.75) is 13.3 Å². The number of carbonyl (C=O) groups excluding carboxylic acids is 2. The minimum atomic E-state index is -0.271. The van der Waals surface area contributed by atoms with Crippen molar-refractivity contribution in [2.75, 3.05) is 24.4 Å². The molecule has 0 bridgehead atoms. The molecule has 0 aliphatic heterocycles. The summed E-state index contributed by atoms with van der Waals surface area (Å²) in [6, 6.07) is 13.9. The highest BCUT2D eigenvalue weighted by Gasteiger charge is 2.12. The van der Waals surface area contributed by atoms with Crippen molar-refractivity contribution >= 4 is 34.0 Å². The van der Waals surface area contributed by atoms with Crippen molar-refractivity contribution in [3.05, 3.63) is 65.2 Å². The van der Waals surface area contributed by atoms with E-state index in [1.165, 1.54) is 11.3 Å². The number of anilines is 2. The Morgan fingerprint density at radius 2 is 1.69 bits per heavy atom. The van der Waals surface area contributed by atoms with Crippen molar-refractivity contribution in [2.24, 2.45) is 0 Å². The molecular weight excluding hydrogens is 390 g/mol. The summed E-state index contributed by atoms with van der Waals surface area (Å²) in [5.41, 5.74) is 1.76. The zero-order valence-corrected chi connectivity index (χ0v) is 16.9. The Bertz CT molecular complexity index is 968. The molecular formula is C21H21N3O4S. The average molecular weight is 411 g/mol. The molecule has 3 aromatic rings. The number of thiazole rings is 1. The maximum Gasteiger partial charge on any atom is 0.257 e. The average Bonchev–Trinajstić information content (AvgIpc) is 3.16. The third-order valence-corrected chi connectivity index (χ3v) is 4.72. The zero-order chi connectivity index (χ0) is 20.6. The molecule has 2 aromatic carbocycles. The second-order valence-corrected chi connectivity index (χ2v) is 6.87. The predicted molar refractivity (Wildman–Crippen MR) is 113 cm³/mol. The van der Waals surface area contributed by atoms with Crippen LogP contribution in [-0.2, 0) is 11.2 Å². The lowest BCUT2D eigenvalue weighted by atomic mass is 10.2. The van der Waals surface area contributed by atoms with Crippen LogP contribution in [0.2, 0.25) is 0 Å². The highest BCUT2D eigenvalue weighted by molar-refractivity contribution is 7.14. The molecule has 8 heteroatoms. The van der Waals surface area contributed by atoms with Crippen molar-refractivity contribution in [3.8, 4) is 11.5 Å².